The van der Waals surface area contributed by atoms with Crippen LogP contribution in [0.3, 0.4) is 0 Å². The van der Waals surface area contributed by atoms with E-state index in [2.05, 4.69) is 4.98 Å². The molecule has 8 nitrogen and oxygen atoms in total. The number of hydrogen-bond donors (Lipinski definition) is 0. The standard InChI is InChI=1S/C39H36N2O6S3/c1-4-21-47-32-10-17-35(18-11-32)49(43,44)33-13-6-29(7-14-33)25-41(39(42)37-23-31-19-20-40-24-38(31)48-37)26-30-8-15-34(16-9-30)50(45,46)36-12-5-27(2)28(3)22-36/h5-20,22-24H,4,21,25-26H2,1-3H3. The van der Waals surface area contributed by atoms with Crippen LogP contribution in [0.5, 0.6) is 5.75 Å². The molecule has 2 aromatic heterocycles. The number of nitrogens with zero attached hydrogens (tertiary/aromatic N) is 2. The molecule has 0 atom stereocenters. The Morgan fingerprint density at radius 1 is 0.700 bits per heavy atom. The van der Waals surface area contributed by atoms with Crippen molar-refractivity contribution in [2.24, 2.45) is 0 Å². The number of ether oxygens (including phenoxy) is 1. The van der Waals surface area contributed by atoms with Gasteiger partial charge in [0.25, 0.3) is 5.91 Å². The van der Waals surface area contributed by atoms with Crippen LogP contribution in [-0.4, -0.2) is 39.2 Å². The molecule has 0 saturated heterocycles. The summed E-state index contributed by atoms with van der Waals surface area (Å²) in [6.07, 6.45) is 4.25. The number of carbonyl (C=O) groups excluding carboxylic acids is 1. The second-order valence-electron chi connectivity index (χ2n) is 12.0. The summed E-state index contributed by atoms with van der Waals surface area (Å²) in [5.41, 5.74) is 3.38. The van der Waals surface area contributed by atoms with Crippen LogP contribution >= 0.6 is 11.3 Å². The number of carbonyl (C=O) groups is 1. The molecule has 0 aliphatic heterocycles. The summed E-state index contributed by atoms with van der Waals surface area (Å²) in [6, 6.07) is 28.2. The molecule has 0 bridgehead atoms. The van der Waals surface area contributed by atoms with Crippen molar-refractivity contribution in [1.82, 2.24) is 9.88 Å². The van der Waals surface area contributed by atoms with Gasteiger partial charge in [-0.3, -0.25) is 9.78 Å². The summed E-state index contributed by atoms with van der Waals surface area (Å²) in [4.78, 5) is 21.1. The Kier molecular flexibility index (Phi) is 10.2. The molecule has 0 N–H and O–H groups in total. The van der Waals surface area contributed by atoms with Crippen LogP contribution in [0.2, 0.25) is 0 Å². The first-order valence-electron chi connectivity index (χ1n) is 16.1. The van der Waals surface area contributed by atoms with Crippen molar-refractivity contribution >= 4 is 47.0 Å². The molecule has 0 spiro atoms. The molecule has 6 rings (SSSR count). The van der Waals surface area contributed by atoms with Crippen molar-refractivity contribution in [3.63, 3.8) is 0 Å². The van der Waals surface area contributed by atoms with Crippen LogP contribution in [0.25, 0.3) is 10.1 Å². The molecule has 0 radical (unpaired) electrons. The summed E-state index contributed by atoms with van der Waals surface area (Å²) >= 11 is 1.35. The third-order valence-electron chi connectivity index (χ3n) is 8.43. The van der Waals surface area contributed by atoms with Crippen molar-refractivity contribution in [3.05, 3.63) is 143 Å². The number of fused-ring (bicyclic) bond motifs is 1. The molecular formula is C39H36N2O6S3. The number of amides is 1. The maximum absolute atomic E-state index is 14.0. The Bertz CT molecular complexity index is 2340. The van der Waals surface area contributed by atoms with Crippen molar-refractivity contribution in [3.8, 4) is 5.75 Å². The van der Waals surface area contributed by atoms with E-state index in [4.69, 9.17) is 4.74 Å². The van der Waals surface area contributed by atoms with Gasteiger partial charge in [0.2, 0.25) is 19.7 Å². The fourth-order valence-electron chi connectivity index (χ4n) is 5.42. The number of benzene rings is 4. The molecule has 0 unspecified atom stereocenters. The third-order valence-corrected chi connectivity index (χ3v) is 13.1. The average Bonchev–Trinajstić information content (AvgIpc) is 3.56. The number of hydrogen-bond acceptors (Lipinski definition) is 8. The maximum atomic E-state index is 14.0. The first kappa shape index (κ1) is 35.0. The predicted molar refractivity (Wildman–Crippen MR) is 195 cm³/mol. The summed E-state index contributed by atoms with van der Waals surface area (Å²) in [6.45, 7) is 6.75. The Morgan fingerprint density at radius 2 is 1.24 bits per heavy atom. The highest BCUT2D eigenvalue weighted by Crippen LogP contribution is 2.29. The van der Waals surface area contributed by atoms with Crippen molar-refractivity contribution in [2.45, 2.75) is 59.9 Å². The van der Waals surface area contributed by atoms with E-state index in [-0.39, 0.29) is 38.6 Å². The van der Waals surface area contributed by atoms with E-state index in [1.165, 1.54) is 23.5 Å². The minimum absolute atomic E-state index is 0.138. The van der Waals surface area contributed by atoms with E-state index < -0.39 is 19.7 Å². The van der Waals surface area contributed by atoms with E-state index >= 15 is 0 Å². The lowest BCUT2D eigenvalue weighted by Crippen LogP contribution is -2.29. The molecule has 6 aromatic rings. The summed E-state index contributed by atoms with van der Waals surface area (Å²) in [7, 11) is -7.50. The largest absolute Gasteiger partial charge is 0.494 e. The van der Waals surface area contributed by atoms with E-state index in [1.54, 1.807) is 96.2 Å². The number of pyridine rings is 1. The second kappa shape index (κ2) is 14.6. The highest BCUT2D eigenvalue weighted by atomic mass is 32.2. The van der Waals surface area contributed by atoms with Gasteiger partial charge in [-0.2, -0.15) is 0 Å². The zero-order chi connectivity index (χ0) is 35.5. The molecule has 50 heavy (non-hydrogen) atoms. The molecule has 0 aliphatic carbocycles. The lowest BCUT2D eigenvalue weighted by Gasteiger charge is -2.23. The molecule has 0 fully saturated rings. The smallest absolute Gasteiger partial charge is 0.264 e. The molecule has 11 heteroatoms. The summed E-state index contributed by atoms with van der Waals surface area (Å²) in [5, 5.41) is 0.911. The monoisotopic (exact) mass is 724 g/mol. The Morgan fingerprint density at radius 3 is 1.78 bits per heavy atom. The zero-order valence-electron chi connectivity index (χ0n) is 27.9. The molecule has 4 aromatic carbocycles. The van der Waals surface area contributed by atoms with Gasteiger partial charge in [-0.25, -0.2) is 16.8 Å². The number of thiophene rings is 1. The predicted octanol–water partition coefficient (Wildman–Crippen LogP) is 8.21. The summed E-state index contributed by atoms with van der Waals surface area (Å²) < 4.78 is 60.0. The molecule has 0 saturated carbocycles. The van der Waals surface area contributed by atoms with Crippen molar-refractivity contribution in [1.29, 1.82) is 0 Å². The van der Waals surface area contributed by atoms with Crippen LogP contribution in [0.1, 0.15) is 45.3 Å². The first-order chi connectivity index (χ1) is 23.9. The van der Waals surface area contributed by atoms with Gasteiger partial charge in [0.15, 0.2) is 0 Å². The molecular weight excluding hydrogens is 689 g/mol. The lowest BCUT2D eigenvalue weighted by atomic mass is 10.1. The Balaban J connectivity index is 1.25. The normalized spacial score (nSPS) is 11.8. The minimum atomic E-state index is -3.77. The number of rotatable bonds is 12. The van der Waals surface area contributed by atoms with Gasteiger partial charge in [0.1, 0.15) is 5.75 Å². The Hall–Kier alpha value is -4.84. The van der Waals surface area contributed by atoms with Gasteiger partial charge in [-0.15, -0.1) is 11.3 Å². The van der Waals surface area contributed by atoms with Crippen LogP contribution in [0, 0.1) is 13.8 Å². The number of aryl methyl sites for hydroxylation is 2. The fraction of sp³-hybridized carbons (Fsp3) is 0.179. The quantitative estimate of drug-likeness (QED) is 0.125. The molecule has 0 aliphatic rings. The highest BCUT2D eigenvalue weighted by molar-refractivity contribution is 7.91. The van der Waals surface area contributed by atoms with E-state index in [1.807, 2.05) is 32.9 Å². The molecule has 256 valence electrons. The van der Waals surface area contributed by atoms with Gasteiger partial charge in [-0.1, -0.05) is 37.3 Å². The Labute approximate surface area is 296 Å². The topological polar surface area (TPSA) is 111 Å². The van der Waals surface area contributed by atoms with Crippen LogP contribution < -0.4 is 4.74 Å². The van der Waals surface area contributed by atoms with Crippen LogP contribution in [0.15, 0.2) is 135 Å². The second-order valence-corrected chi connectivity index (χ2v) is 17.0. The van der Waals surface area contributed by atoms with Crippen molar-refractivity contribution < 1.29 is 26.4 Å². The van der Waals surface area contributed by atoms with Crippen LogP contribution in [0.4, 0.5) is 0 Å². The van der Waals surface area contributed by atoms with E-state index in [0.29, 0.717) is 17.2 Å². The minimum Gasteiger partial charge on any atom is -0.494 e. The molecule has 1 amide bonds. The number of aromatic nitrogens is 1. The first-order valence-corrected chi connectivity index (χ1v) is 19.8. The fourth-order valence-corrected chi connectivity index (χ4v) is 9.03. The SMILES string of the molecule is CCCOc1ccc(S(=O)(=O)c2ccc(CN(Cc3ccc(S(=O)(=O)c4ccc(C)c(C)c4)cc3)C(=O)c3cc4ccncc4s3)cc2)cc1. The van der Waals surface area contributed by atoms with Crippen LogP contribution in [-0.2, 0) is 32.8 Å². The van der Waals surface area contributed by atoms with Crippen molar-refractivity contribution in [2.75, 3.05) is 6.61 Å². The van der Waals surface area contributed by atoms with Gasteiger partial charge in [0, 0.05) is 25.5 Å². The third kappa shape index (κ3) is 7.50. The van der Waals surface area contributed by atoms with E-state index in [9.17, 15) is 21.6 Å². The van der Waals surface area contributed by atoms with E-state index in [0.717, 1.165) is 38.8 Å². The lowest BCUT2D eigenvalue weighted by molar-refractivity contribution is 0.0735. The number of sulfone groups is 2. The van der Waals surface area contributed by atoms with Gasteiger partial charge >= 0.3 is 0 Å². The highest BCUT2D eigenvalue weighted by Gasteiger charge is 2.23. The van der Waals surface area contributed by atoms with Gasteiger partial charge < -0.3 is 9.64 Å². The maximum Gasteiger partial charge on any atom is 0.264 e. The van der Waals surface area contributed by atoms with Gasteiger partial charge in [-0.05, 0) is 121 Å². The zero-order valence-corrected chi connectivity index (χ0v) is 30.3. The average molecular weight is 725 g/mol. The molecule has 2 heterocycles. The van der Waals surface area contributed by atoms with Gasteiger partial charge in [0.05, 0.1) is 35.8 Å². The summed E-state index contributed by atoms with van der Waals surface area (Å²) in [5.74, 6) is 0.401.